The quantitative estimate of drug-likeness (QED) is 0.834. The lowest BCUT2D eigenvalue weighted by Gasteiger charge is -2.16. The summed E-state index contributed by atoms with van der Waals surface area (Å²) in [5.74, 6) is 0.966. The Bertz CT molecular complexity index is 544. The Labute approximate surface area is 118 Å². The largest absolute Gasteiger partial charge is 0.325 e. The summed E-state index contributed by atoms with van der Waals surface area (Å²) in [6, 6.07) is 8.99. The highest BCUT2D eigenvalue weighted by molar-refractivity contribution is 7.98. The molecule has 0 aliphatic heterocycles. The molecule has 1 saturated carbocycles. The molecule has 0 atom stereocenters. The van der Waals surface area contributed by atoms with Crippen LogP contribution in [0.15, 0.2) is 41.6 Å². The first-order chi connectivity index (χ1) is 9.38. The van der Waals surface area contributed by atoms with Gasteiger partial charge in [0.2, 0.25) is 5.95 Å². The number of nitrogens with one attached hydrogen (secondary N) is 1. The van der Waals surface area contributed by atoms with Crippen LogP contribution in [-0.4, -0.2) is 15.8 Å². The second-order valence-electron chi connectivity index (χ2n) is 4.92. The van der Waals surface area contributed by atoms with Crippen LogP contribution in [0.25, 0.3) is 0 Å². The highest BCUT2D eigenvalue weighted by Gasteiger charge is 2.19. The third kappa shape index (κ3) is 2.63. The van der Waals surface area contributed by atoms with E-state index in [0.717, 1.165) is 11.6 Å². The van der Waals surface area contributed by atoms with E-state index >= 15 is 0 Å². The fourth-order valence-electron chi connectivity index (χ4n) is 2.76. The van der Waals surface area contributed by atoms with E-state index in [4.69, 9.17) is 0 Å². The van der Waals surface area contributed by atoms with Crippen LogP contribution in [0.5, 0.6) is 0 Å². The molecule has 2 aromatic rings. The van der Waals surface area contributed by atoms with Gasteiger partial charge in [-0.15, -0.1) is 11.8 Å². The van der Waals surface area contributed by atoms with Crippen LogP contribution >= 0.6 is 11.8 Å². The minimum Gasteiger partial charge on any atom is -0.325 e. The van der Waals surface area contributed by atoms with Crippen LogP contribution in [0.1, 0.15) is 31.7 Å². The van der Waals surface area contributed by atoms with Gasteiger partial charge in [-0.2, -0.15) is 0 Å². The Morgan fingerprint density at radius 3 is 2.84 bits per heavy atom. The van der Waals surface area contributed by atoms with Gasteiger partial charge < -0.3 is 9.88 Å². The van der Waals surface area contributed by atoms with E-state index in [1.807, 2.05) is 6.20 Å². The molecule has 1 aliphatic carbocycles. The minimum atomic E-state index is 0.617. The van der Waals surface area contributed by atoms with Crippen molar-refractivity contribution in [2.75, 3.05) is 11.6 Å². The van der Waals surface area contributed by atoms with Gasteiger partial charge in [-0.3, -0.25) is 0 Å². The van der Waals surface area contributed by atoms with Crippen molar-refractivity contribution < 1.29 is 0 Å². The van der Waals surface area contributed by atoms with Crippen LogP contribution in [0.3, 0.4) is 0 Å². The van der Waals surface area contributed by atoms with Crippen molar-refractivity contribution >= 4 is 23.4 Å². The Kier molecular flexibility index (Phi) is 3.78. The standard InChI is InChI=1S/C15H19N3S/c1-19-14-9-5-4-8-13(14)17-15-16-10-11-18(15)12-6-2-3-7-12/h4-5,8-12H,2-3,6-7H2,1H3,(H,16,17). The molecule has 3 nitrogen and oxygen atoms in total. The molecule has 1 fully saturated rings. The summed E-state index contributed by atoms with van der Waals surface area (Å²) in [6.45, 7) is 0. The highest BCUT2D eigenvalue weighted by Crippen LogP contribution is 2.33. The number of nitrogens with zero attached hydrogens (tertiary/aromatic N) is 2. The molecule has 100 valence electrons. The van der Waals surface area contributed by atoms with Crippen molar-refractivity contribution in [1.29, 1.82) is 0 Å². The van der Waals surface area contributed by atoms with Crippen molar-refractivity contribution in [3.63, 3.8) is 0 Å². The Morgan fingerprint density at radius 1 is 1.26 bits per heavy atom. The number of para-hydroxylation sites is 1. The molecular weight excluding hydrogens is 254 g/mol. The number of imidazole rings is 1. The topological polar surface area (TPSA) is 29.9 Å². The third-order valence-corrected chi connectivity index (χ3v) is 4.54. The zero-order chi connectivity index (χ0) is 13.1. The summed E-state index contributed by atoms with van der Waals surface area (Å²) >= 11 is 1.76. The molecule has 1 aliphatic rings. The molecule has 3 rings (SSSR count). The smallest absolute Gasteiger partial charge is 0.207 e. The molecule has 19 heavy (non-hydrogen) atoms. The van der Waals surface area contributed by atoms with E-state index in [0.29, 0.717) is 6.04 Å². The Morgan fingerprint density at radius 2 is 2.05 bits per heavy atom. The van der Waals surface area contributed by atoms with Crippen molar-refractivity contribution in [1.82, 2.24) is 9.55 Å². The van der Waals surface area contributed by atoms with Gasteiger partial charge in [-0.1, -0.05) is 25.0 Å². The summed E-state index contributed by atoms with van der Waals surface area (Å²) in [5.41, 5.74) is 1.14. The Balaban J connectivity index is 1.85. The molecule has 1 aromatic carbocycles. The predicted octanol–water partition coefficient (Wildman–Crippen LogP) is 4.46. The average molecular weight is 273 g/mol. The minimum absolute atomic E-state index is 0.617. The molecule has 0 radical (unpaired) electrons. The molecule has 0 saturated heterocycles. The zero-order valence-corrected chi connectivity index (χ0v) is 12.0. The maximum atomic E-state index is 4.47. The summed E-state index contributed by atoms with van der Waals surface area (Å²) in [4.78, 5) is 5.73. The van der Waals surface area contributed by atoms with E-state index in [1.54, 1.807) is 11.8 Å². The van der Waals surface area contributed by atoms with Crippen LogP contribution in [0.2, 0.25) is 0 Å². The van der Waals surface area contributed by atoms with Crippen molar-refractivity contribution in [3.05, 3.63) is 36.7 Å². The van der Waals surface area contributed by atoms with Crippen molar-refractivity contribution in [2.24, 2.45) is 0 Å². The van der Waals surface area contributed by atoms with Gasteiger partial charge in [-0.05, 0) is 31.2 Å². The SMILES string of the molecule is CSc1ccccc1Nc1nccn1C1CCCC1. The lowest BCUT2D eigenvalue weighted by Crippen LogP contribution is -2.08. The molecule has 1 N–H and O–H groups in total. The summed E-state index contributed by atoms with van der Waals surface area (Å²) in [5, 5.41) is 3.48. The molecule has 1 heterocycles. The number of aromatic nitrogens is 2. The molecule has 0 bridgehead atoms. The third-order valence-electron chi connectivity index (χ3n) is 3.74. The molecule has 0 spiro atoms. The normalized spacial score (nSPS) is 15.8. The van der Waals surface area contributed by atoms with Crippen LogP contribution in [0.4, 0.5) is 11.6 Å². The molecular formula is C15H19N3S. The first-order valence-electron chi connectivity index (χ1n) is 6.81. The zero-order valence-electron chi connectivity index (χ0n) is 11.2. The lowest BCUT2D eigenvalue weighted by molar-refractivity contribution is 0.525. The van der Waals surface area contributed by atoms with E-state index in [-0.39, 0.29) is 0 Å². The molecule has 1 aromatic heterocycles. The molecule has 0 unspecified atom stereocenters. The number of rotatable bonds is 4. The maximum absolute atomic E-state index is 4.47. The van der Waals surface area contributed by atoms with Gasteiger partial charge in [0, 0.05) is 23.3 Å². The molecule has 4 heteroatoms. The number of anilines is 2. The van der Waals surface area contributed by atoms with Gasteiger partial charge in [-0.25, -0.2) is 4.98 Å². The molecule has 0 amide bonds. The lowest BCUT2D eigenvalue weighted by atomic mass is 10.2. The highest BCUT2D eigenvalue weighted by atomic mass is 32.2. The van der Waals surface area contributed by atoms with Crippen molar-refractivity contribution in [3.8, 4) is 0 Å². The summed E-state index contributed by atoms with van der Waals surface area (Å²) < 4.78 is 2.30. The van der Waals surface area contributed by atoms with Gasteiger partial charge in [0.1, 0.15) is 0 Å². The monoisotopic (exact) mass is 273 g/mol. The van der Waals surface area contributed by atoms with Crippen LogP contribution in [-0.2, 0) is 0 Å². The van der Waals surface area contributed by atoms with E-state index in [1.165, 1.54) is 30.6 Å². The summed E-state index contributed by atoms with van der Waals surface area (Å²) in [6.07, 6.45) is 11.3. The van der Waals surface area contributed by atoms with Gasteiger partial charge in [0.05, 0.1) is 5.69 Å². The van der Waals surface area contributed by atoms with Gasteiger partial charge in [0.15, 0.2) is 0 Å². The van der Waals surface area contributed by atoms with Crippen molar-refractivity contribution in [2.45, 2.75) is 36.6 Å². The number of thioether (sulfide) groups is 1. The second-order valence-corrected chi connectivity index (χ2v) is 5.77. The number of hydrogen-bond acceptors (Lipinski definition) is 3. The van der Waals surface area contributed by atoms with Crippen LogP contribution in [0, 0.1) is 0 Å². The first-order valence-corrected chi connectivity index (χ1v) is 8.04. The summed E-state index contributed by atoms with van der Waals surface area (Å²) in [7, 11) is 0. The predicted molar refractivity (Wildman–Crippen MR) is 81.2 cm³/mol. The second kappa shape index (κ2) is 5.70. The fourth-order valence-corrected chi connectivity index (χ4v) is 3.31. The number of benzene rings is 1. The maximum Gasteiger partial charge on any atom is 0.207 e. The van der Waals surface area contributed by atoms with Gasteiger partial charge in [0.25, 0.3) is 0 Å². The Hall–Kier alpha value is -1.42. The van der Waals surface area contributed by atoms with Crippen LogP contribution < -0.4 is 5.32 Å². The van der Waals surface area contributed by atoms with E-state index < -0.39 is 0 Å². The average Bonchev–Trinajstić information content (AvgIpc) is 3.09. The first kappa shape index (κ1) is 12.6. The number of hydrogen-bond donors (Lipinski definition) is 1. The van der Waals surface area contributed by atoms with E-state index in [9.17, 15) is 0 Å². The van der Waals surface area contributed by atoms with Gasteiger partial charge >= 0.3 is 0 Å². The van der Waals surface area contributed by atoms with E-state index in [2.05, 4.69) is 51.6 Å². The fraction of sp³-hybridized carbons (Fsp3) is 0.400.